The van der Waals surface area contributed by atoms with Crippen molar-refractivity contribution in [3.63, 3.8) is 0 Å². The van der Waals surface area contributed by atoms with Crippen LogP contribution >= 0.6 is 12.4 Å². The number of carbonyl (C=O) groups excluding carboxylic acids is 1. The maximum atomic E-state index is 12.8. The maximum Gasteiger partial charge on any atom is 0.257 e. The number of nitrogens with one attached hydrogen (secondary N) is 1. The molecule has 0 aliphatic heterocycles. The third-order valence-corrected chi connectivity index (χ3v) is 3.74. The van der Waals surface area contributed by atoms with Gasteiger partial charge in [0.25, 0.3) is 11.9 Å². The van der Waals surface area contributed by atoms with Gasteiger partial charge in [0.1, 0.15) is 0 Å². The predicted octanol–water partition coefficient (Wildman–Crippen LogP) is 2.12. The van der Waals surface area contributed by atoms with E-state index in [0.717, 1.165) is 23.6 Å². The topological polar surface area (TPSA) is 75.9 Å². The average Bonchev–Trinajstić information content (AvgIpc) is 2.96. The van der Waals surface area contributed by atoms with Gasteiger partial charge in [-0.2, -0.15) is 5.10 Å². The highest BCUT2D eigenvalue weighted by molar-refractivity contribution is 5.95. The molecule has 0 atom stereocenters. The number of nitrogens with zero attached hydrogens (tertiary/aromatic N) is 5. The number of hydrogen-bond donors (Lipinski definition) is 1. The van der Waals surface area contributed by atoms with Gasteiger partial charge < -0.3 is 10.2 Å². The number of aromatic nitrogens is 4. The molecule has 0 radical (unpaired) electrons. The number of rotatable bonds is 6. The van der Waals surface area contributed by atoms with Crippen molar-refractivity contribution in [1.82, 2.24) is 30.0 Å². The second-order valence-corrected chi connectivity index (χ2v) is 6.31. The Hall–Kier alpha value is -1.99. The largest absolute Gasteiger partial charge is 0.340 e. The van der Waals surface area contributed by atoms with Crippen molar-refractivity contribution in [3.05, 3.63) is 34.9 Å². The molecule has 25 heavy (non-hydrogen) atoms. The Morgan fingerprint density at radius 2 is 1.88 bits per heavy atom. The molecule has 0 aliphatic carbocycles. The number of halogens is 1. The van der Waals surface area contributed by atoms with E-state index in [1.807, 2.05) is 40.8 Å². The van der Waals surface area contributed by atoms with Gasteiger partial charge in [-0.15, -0.1) is 12.4 Å². The minimum Gasteiger partial charge on any atom is -0.340 e. The Balaban J connectivity index is 0.00000312. The molecular formula is C17H27ClN6O. The van der Waals surface area contributed by atoms with E-state index in [9.17, 15) is 4.79 Å². The standard InChI is InChI=1S/C17H26N6O.ClH/c1-11(2)15-14(16(24)22(6)8-7-18-5)10-23(21-15)17-19-12(3)9-13(4)20-17;/h9-11,18H,7-8H2,1-6H3;1H. The summed E-state index contributed by atoms with van der Waals surface area (Å²) in [6, 6.07) is 1.91. The molecule has 0 unspecified atom stereocenters. The number of aryl methyl sites for hydroxylation is 2. The molecule has 8 heteroatoms. The summed E-state index contributed by atoms with van der Waals surface area (Å²) in [5.74, 6) is 0.588. The van der Waals surface area contributed by atoms with Gasteiger partial charge in [-0.1, -0.05) is 13.8 Å². The molecule has 2 aromatic rings. The van der Waals surface area contributed by atoms with Gasteiger partial charge in [0.05, 0.1) is 11.3 Å². The fourth-order valence-corrected chi connectivity index (χ4v) is 2.48. The molecule has 2 rings (SSSR count). The highest BCUT2D eigenvalue weighted by atomic mass is 35.5. The average molecular weight is 367 g/mol. The van der Waals surface area contributed by atoms with E-state index in [1.54, 1.807) is 22.8 Å². The van der Waals surface area contributed by atoms with Crippen LogP contribution in [-0.4, -0.2) is 57.7 Å². The van der Waals surface area contributed by atoms with Gasteiger partial charge in [-0.3, -0.25) is 4.79 Å². The van der Waals surface area contributed by atoms with Gasteiger partial charge in [0, 0.05) is 37.7 Å². The molecule has 0 spiro atoms. The summed E-state index contributed by atoms with van der Waals surface area (Å²) in [5.41, 5.74) is 3.11. The van der Waals surface area contributed by atoms with Crippen LogP contribution in [0.2, 0.25) is 0 Å². The molecule has 0 saturated heterocycles. The summed E-state index contributed by atoms with van der Waals surface area (Å²) in [6.07, 6.45) is 1.74. The third-order valence-electron chi connectivity index (χ3n) is 3.74. The molecule has 2 aromatic heterocycles. The van der Waals surface area contributed by atoms with Gasteiger partial charge in [0.2, 0.25) is 0 Å². The molecule has 0 saturated carbocycles. The smallest absolute Gasteiger partial charge is 0.257 e. The van der Waals surface area contributed by atoms with Crippen molar-refractivity contribution in [2.24, 2.45) is 0 Å². The Morgan fingerprint density at radius 3 is 2.40 bits per heavy atom. The van der Waals surface area contributed by atoms with Crippen LogP contribution in [0.1, 0.15) is 47.2 Å². The molecule has 0 aliphatic rings. The van der Waals surface area contributed by atoms with E-state index >= 15 is 0 Å². The van der Waals surface area contributed by atoms with Crippen LogP contribution in [0.25, 0.3) is 5.95 Å². The zero-order valence-electron chi connectivity index (χ0n) is 15.7. The maximum absolute atomic E-state index is 12.8. The monoisotopic (exact) mass is 366 g/mol. The first kappa shape index (κ1) is 21.1. The molecule has 7 nitrogen and oxygen atoms in total. The van der Waals surface area contributed by atoms with E-state index in [-0.39, 0.29) is 24.2 Å². The molecule has 0 aromatic carbocycles. The van der Waals surface area contributed by atoms with Crippen molar-refractivity contribution in [1.29, 1.82) is 0 Å². The Morgan fingerprint density at radius 1 is 1.28 bits per heavy atom. The highest BCUT2D eigenvalue weighted by Crippen LogP contribution is 2.20. The lowest BCUT2D eigenvalue weighted by atomic mass is 10.1. The van der Waals surface area contributed by atoms with E-state index < -0.39 is 0 Å². The van der Waals surface area contributed by atoms with Gasteiger partial charge in [0.15, 0.2) is 0 Å². The zero-order valence-corrected chi connectivity index (χ0v) is 16.5. The quantitative estimate of drug-likeness (QED) is 0.847. The Labute approximate surface area is 155 Å². The molecular weight excluding hydrogens is 340 g/mol. The van der Waals surface area contributed by atoms with Crippen LogP contribution in [0, 0.1) is 13.8 Å². The zero-order chi connectivity index (χ0) is 17.9. The van der Waals surface area contributed by atoms with Crippen LogP contribution < -0.4 is 5.32 Å². The Kier molecular flexibility index (Phi) is 7.51. The fourth-order valence-electron chi connectivity index (χ4n) is 2.48. The second-order valence-electron chi connectivity index (χ2n) is 6.31. The van der Waals surface area contributed by atoms with Crippen molar-refractivity contribution in [3.8, 4) is 5.95 Å². The van der Waals surface area contributed by atoms with Crippen molar-refractivity contribution < 1.29 is 4.79 Å². The molecule has 0 fully saturated rings. The molecule has 1 amide bonds. The summed E-state index contributed by atoms with van der Waals surface area (Å²) < 4.78 is 1.61. The molecule has 138 valence electrons. The van der Waals surface area contributed by atoms with Gasteiger partial charge >= 0.3 is 0 Å². The lowest BCUT2D eigenvalue weighted by Gasteiger charge is -2.17. The van der Waals surface area contributed by atoms with Gasteiger partial charge in [-0.25, -0.2) is 14.6 Å². The highest BCUT2D eigenvalue weighted by Gasteiger charge is 2.22. The molecule has 0 bridgehead atoms. The van der Waals surface area contributed by atoms with E-state index in [0.29, 0.717) is 18.1 Å². The first-order valence-electron chi connectivity index (χ1n) is 8.15. The SMILES string of the molecule is CNCCN(C)C(=O)c1cn(-c2nc(C)cc(C)n2)nc1C(C)C.Cl. The third kappa shape index (κ3) is 4.99. The minimum absolute atomic E-state index is 0. The first-order valence-corrected chi connectivity index (χ1v) is 8.15. The van der Waals surface area contributed by atoms with E-state index in [2.05, 4.69) is 20.4 Å². The first-order chi connectivity index (χ1) is 11.3. The molecule has 1 N–H and O–H groups in total. The second kappa shape index (κ2) is 8.92. The van der Waals surface area contributed by atoms with Crippen molar-refractivity contribution in [2.45, 2.75) is 33.6 Å². The number of hydrogen-bond acceptors (Lipinski definition) is 5. The van der Waals surface area contributed by atoms with Crippen LogP contribution in [0.4, 0.5) is 0 Å². The van der Waals surface area contributed by atoms with Crippen LogP contribution in [0.3, 0.4) is 0 Å². The summed E-state index contributed by atoms with van der Waals surface area (Å²) >= 11 is 0. The number of carbonyl (C=O) groups is 1. The Bertz CT molecular complexity index is 708. The van der Waals surface area contributed by atoms with E-state index in [1.165, 1.54) is 0 Å². The summed E-state index contributed by atoms with van der Waals surface area (Å²) in [5, 5.41) is 7.63. The normalized spacial score (nSPS) is 10.7. The van der Waals surface area contributed by atoms with Gasteiger partial charge in [-0.05, 0) is 32.9 Å². The van der Waals surface area contributed by atoms with E-state index in [4.69, 9.17) is 0 Å². The lowest BCUT2D eigenvalue weighted by Crippen LogP contribution is -2.33. The van der Waals surface area contributed by atoms with Crippen LogP contribution in [-0.2, 0) is 0 Å². The van der Waals surface area contributed by atoms with Crippen LogP contribution in [0.15, 0.2) is 12.3 Å². The van der Waals surface area contributed by atoms with Crippen LogP contribution in [0.5, 0.6) is 0 Å². The van der Waals surface area contributed by atoms with Crippen molar-refractivity contribution in [2.75, 3.05) is 27.2 Å². The van der Waals surface area contributed by atoms with Crippen molar-refractivity contribution >= 4 is 18.3 Å². The molecule has 2 heterocycles. The summed E-state index contributed by atoms with van der Waals surface area (Å²) in [4.78, 5) is 23.3. The minimum atomic E-state index is -0.0374. The summed E-state index contributed by atoms with van der Waals surface area (Å²) in [7, 11) is 3.67. The predicted molar refractivity (Wildman–Crippen MR) is 101 cm³/mol. The number of likely N-dealkylation sites (N-methyl/N-ethyl adjacent to an activating group) is 2. The fraction of sp³-hybridized carbons (Fsp3) is 0.529. The number of amides is 1. The lowest BCUT2D eigenvalue weighted by molar-refractivity contribution is 0.0795. The summed E-state index contributed by atoms with van der Waals surface area (Å²) in [6.45, 7) is 9.27.